The third kappa shape index (κ3) is 6.03. The van der Waals surface area contributed by atoms with Gasteiger partial charge in [0.2, 0.25) is 0 Å². The molecule has 1 unspecified atom stereocenters. The van der Waals surface area contributed by atoms with Crippen molar-refractivity contribution in [2.24, 2.45) is 0 Å². The van der Waals surface area contributed by atoms with Crippen molar-refractivity contribution in [3.05, 3.63) is 34.7 Å². The van der Waals surface area contributed by atoms with Crippen LogP contribution < -0.4 is 4.74 Å². The van der Waals surface area contributed by atoms with E-state index in [4.69, 9.17) is 26.6 Å². The molecule has 1 saturated heterocycles. The minimum atomic E-state index is -4.21. The standard InChI is InChI=1S/C16H17NO7S3/c1-2-12(15(19)20)24-11-5-3-4-10(8-11)9-13-14(18)17(16(25)26-13)6-7-27(21,22)23/h3-5,8-9,12H,2,6-7H2,1H3,(H,19,20)(H,21,22,23)/b13-9-. The van der Waals surface area contributed by atoms with Crippen LogP contribution in [0.2, 0.25) is 0 Å². The van der Waals surface area contributed by atoms with Crippen LogP contribution in [0.5, 0.6) is 5.75 Å². The molecule has 1 aliphatic rings. The van der Waals surface area contributed by atoms with Crippen LogP contribution in [0, 0.1) is 0 Å². The average Bonchev–Trinajstić information content (AvgIpc) is 2.83. The summed E-state index contributed by atoms with van der Waals surface area (Å²) in [7, 11) is -4.21. The molecule has 1 aromatic carbocycles. The van der Waals surface area contributed by atoms with Gasteiger partial charge >= 0.3 is 5.97 Å². The Balaban J connectivity index is 2.16. The lowest BCUT2D eigenvalue weighted by atomic mass is 10.2. The zero-order valence-corrected chi connectivity index (χ0v) is 16.6. The third-order valence-electron chi connectivity index (χ3n) is 3.53. The van der Waals surface area contributed by atoms with E-state index in [1.165, 1.54) is 0 Å². The van der Waals surface area contributed by atoms with Gasteiger partial charge in [-0.1, -0.05) is 43.0 Å². The summed E-state index contributed by atoms with van der Waals surface area (Å²) in [6, 6.07) is 6.57. The molecule has 0 spiro atoms. The highest BCUT2D eigenvalue weighted by atomic mass is 32.2. The number of ether oxygens (including phenoxy) is 1. The van der Waals surface area contributed by atoms with Gasteiger partial charge in [-0.3, -0.25) is 14.2 Å². The van der Waals surface area contributed by atoms with Gasteiger partial charge in [-0.2, -0.15) is 8.42 Å². The second-order valence-electron chi connectivity index (χ2n) is 5.54. The Morgan fingerprint density at radius 2 is 2.15 bits per heavy atom. The number of carboxylic acid groups (broad SMARTS) is 1. The van der Waals surface area contributed by atoms with Gasteiger partial charge in [0.25, 0.3) is 16.0 Å². The van der Waals surface area contributed by atoms with E-state index in [0.29, 0.717) is 17.7 Å². The Kier molecular flexibility index (Phi) is 6.98. The van der Waals surface area contributed by atoms with Crippen molar-refractivity contribution < 1.29 is 32.4 Å². The fourth-order valence-corrected chi connectivity index (χ4v) is 3.92. The minimum absolute atomic E-state index is 0.194. The molecule has 2 rings (SSSR count). The van der Waals surface area contributed by atoms with Crippen LogP contribution in [0.4, 0.5) is 0 Å². The Hall–Kier alpha value is -1.95. The molecule has 11 heteroatoms. The molecule has 0 radical (unpaired) electrons. The predicted molar refractivity (Wildman–Crippen MR) is 105 cm³/mol. The maximum Gasteiger partial charge on any atom is 0.344 e. The monoisotopic (exact) mass is 431 g/mol. The topological polar surface area (TPSA) is 121 Å². The van der Waals surface area contributed by atoms with Crippen LogP contribution in [-0.4, -0.2) is 57.6 Å². The van der Waals surface area contributed by atoms with Gasteiger partial charge in [-0.05, 0) is 30.2 Å². The number of rotatable bonds is 8. The van der Waals surface area contributed by atoms with E-state index >= 15 is 0 Å². The maximum atomic E-state index is 12.4. The van der Waals surface area contributed by atoms with E-state index < -0.39 is 33.9 Å². The molecule has 0 aromatic heterocycles. The van der Waals surface area contributed by atoms with E-state index in [9.17, 15) is 18.0 Å². The van der Waals surface area contributed by atoms with Gasteiger partial charge in [-0.15, -0.1) is 0 Å². The van der Waals surface area contributed by atoms with Crippen molar-refractivity contribution in [1.82, 2.24) is 4.90 Å². The summed E-state index contributed by atoms with van der Waals surface area (Å²) in [4.78, 5) is 24.9. The molecule has 1 aliphatic heterocycles. The van der Waals surface area contributed by atoms with Crippen LogP contribution in [0.15, 0.2) is 29.2 Å². The molecule has 8 nitrogen and oxygen atoms in total. The number of thioether (sulfide) groups is 1. The van der Waals surface area contributed by atoms with Gasteiger partial charge in [0, 0.05) is 6.54 Å². The van der Waals surface area contributed by atoms with Gasteiger partial charge in [0.15, 0.2) is 6.10 Å². The number of hydrogen-bond acceptors (Lipinski definition) is 7. The van der Waals surface area contributed by atoms with Crippen LogP contribution in [0.1, 0.15) is 18.9 Å². The van der Waals surface area contributed by atoms with E-state index in [-0.39, 0.29) is 15.8 Å². The van der Waals surface area contributed by atoms with Gasteiger partial charge in [0.1, 0.15) is 10.1 Å². The van der Waals surface area contributed by atoms with Gasteiger partial charge in [0.05, 0.1) is 10.7 Å². The van der Waals surface area contributed by atoms with Crippen LogP contribution in [0.25, 0.3) is 6.08 Å². The zero-order chi connectivity index (χ0) is 20.2. The van der Waals surface area contributed by atoms with Gasteiger partial charge < -0.3 is 9.84 Å². The number of hydrogen-bond donors (Lipinski definition) is 2. The first-order valence-electron chi connectivity index (χ1n) is 7.80. The molecule has 0 saturated carbocycles. The molecule has 0 aliphatic carbocycles. The molecular weight excluding hydrogens is 414 g/mol. The molecule has 1 fully saturated rings. The number of carboxylic acids is 1. The van der Waals surface area contributed by atoms with E-state index in [1.54, 1.807) is 37.3 Å². The molecule has 1 amide bonds. The van der Waals surface area contributed by atoms with Gasteiger partial charge in [-0.25, -0.2) is 4.79 Å². The van der Waals surface area contributed by atoms with E-state index in [0.717, 1.165) is 16.7 Å². The highest BCUT2D eigenvalue weighted by Gasteiger charge is 2.32. The first-order chi connectivity index (χ1) is 12.6. The molecule has 27 heavy (non-hydrogen) atoms. The Morgan fingerprint density at radius 3 is 2.74 bits per heavy atom. The lowest BCUT2D eigenvalue weighted by Crippen LogP contribution is -2.32. The average molecular weight is 432 g/mol. The summed E-state index contributed by atoms with van der Waals surface area (Å²) < 4.78 is 36.2. The largest absolute Gasteiger partial charge is 0.479 e. The van der Waals surface area contributed by atoms with Crippen molar-refractivity contribution >= 4 is 56.4 Å². The number of carbonyl (C=O) groups is 2. The number of amides is 1. The van der Waals surface area contributed by atoms with E-state index in [1.807, 2.05) is 0 Å². The predicted octanol–water partition coefficient (Wildman–Crippen LogP) is 2.02. The second-order valence-corrected chi connectivity index (χ2v) is 8.79. The summed E-state index contributed by atoms with van der Waals surface area (Å²) in [6.45, 7) is 1.46. The molecular formula is C16H17NO7S3. The Bertz CT molecular complexity index is 895. The Labute approximate surface area is 165 Å². The SMILES string of the molecule is CCC(Oc1cccc(/C=C2\SC(=S)N(CCS(=O)(=O)O)C2=O)c1)C(=O)O. The smallest absolute Gasteiger partial charge is 0.344 e. The molecule has 1 aromatic rings. The summed E-state index contributed by atoms with van der Waals surface area (Å²) in [5, 5.41) is 9.07. The highest BCUT2D eigenvalue weighted by molar-refractivity contribution is 8.26. The maximum absolute atomic E-state index is 12.4. The molecule has 2 N–H and O–H groups in total. The first-order valence-corrected chi connectivity index (χ1v) is 10.6. The van der Waals surface area contributed by atoms with Crippen molar-refractivity contribution in [1.29, 1.82) is 0 Å². The number of carbonyl (C=O) groups excluding carboxylic acids is 1. The summed E-state index contributed by atoms with van der Waals surface area (Å²) in [6.07, 6.45) is 0.881. The van der Waals surface area contributed by atoms with Crippen molar-refractivity contribution in [2.75, 3.05) is 12.3 Å². The number of benzene rings is 1. The third-order valence-corrected chi connectivity index (χ3v) is 5.60. The summed E-state index contributed by atoms with van der Waals surface area (Å²) >= 11 is 6.10. The molecule has 1 heterocycles. The van der Waals surface area contributed by atoms with Crippen LogP contribution in [0.3, 0.4) is 0 Å². The zero-order valence-electron chi connectivity index (χ0n) is 14.2. The molecule has 0 bridgehead atoms. The van der Waals surface area contributed by atoms with Crippen LogP contribution >= 0.6 is 24.0 Å². The number of aliphatic carboxylic acids is 1. The lowest BCUT2D eigenvalue weighted by molar-refractivity contribution is -0.145. The van der Waals surface area contributed by atoms with E-state index in [2.05, 4.69) is 0 Å². The van der Waals surface area contributed by atoms with Crippen molar-refractivity contribution in [2.45, 2.75) is 19.4 Å². The quantitative estimate of drug-likeness (QED) is 0.362. The molecule has 1 atom stereocenters. The fourth-order valence-electron chi connectivity index (χ4n) is 2.20. The number of nitrogens with zero attached hydrogens (tertiary/aromatic N) is 1. The van der Waals surface area contributed by atoms with Crippen LogP contribution in [-0.2, 0) is 19.7 Å². The normalized spacial score (nSPS) is 17.4. The minimum Gasteiger partial charge on any atom is -0.479 e. The highest BCUT2D eigenvalue weighted by Crippen LogP contribution is 2.33. The number of thiocarbonyl (C=S) groups is 1. The summed E-state index contributed by atoms with van der Waals surface area (Å²) in [5.74, 6) is -1.79. The van der Waals surface area contributed by atoms with Crippen molar-refractivity contribution in [3.63, 3.8) is 0 Å². The molecule has 146 valence electrons. The fraction of sp³-hybridized carbons (Fsp3) is 0.312. The Morgan fingerprint density at radius 1 is 1.44 bits per heavy atom. The lowest BCUT2D eigenvalue weighted by Gasteiger charge is -2.13. The summed E-state index contributed by atoms with van der Waals surface area (Å²) in [5.41, 5.74) is 0.600. The van der Waals surface area contributed by atoms with Crippen molar-refractivity contribution in [3.8, 4) is 5.75 Å². The first kappa shape index (κ1) is 21.4. The second kappa shape index (κ2) is 8.83.